The summed E-state index contributed by atoms with van der Waals surface area (Å²) in [7, 11) is 2.20. The van der Waals surface area contributed by atoms with Crippen molar-refractivity contribution in [3.05, 3.63) is 35.9 Å². The Morgan fingerprint density at radius 2 is 0.971 bits per heavy atom. The number of nitrogens with zero attached hydrogens (tertiary/aromatic N) is 2. The van der Waals surface area contributed by atoms with Crippen molar-refractivity contribution in [2.24, 2.45) is 0 Å². The Morgan fingerprint density at radius 1 is 0.543 bits per heavy atom. The van der Waals surface area contributed by atoms with E-state index in [0.717, 1.165) is 173 Å². The number of esters is 2. The maximum absolute atomic E-state index is 14.0. The summed E-state index contributed by atoms with van der Waals surface area (Å²) in [5, 5.41) is 0. The Balaban J connectivity index is 1.85. The summed E-state index contributed by atoms with van der Waals surface area (Å²) in [6, 6.07) is 10.5. The average Bonchev–Trinajstić information content (AvgIpc) is 3.79. The molecule has 0 saturated carbocycles. The summed E-state index contributed by atoms with van der Waals surface area (Å²) >= 11 is 0. The summed E-state index contributed by atoms with van der Waals surface area (Å²) < 4.78 is 41.2. The molecule has 0 radical (unpaired) electrons. The Hall–Kier alpha value is -2.77. The average molecular weight is 989 g/mol. The maximum atomic E-state index is 14.0. The van der Waals surface area contributed by atoms with E-state index in [-0.39, 0.29) is 43.3 Å². The second kappa shape index (κ2) is 44.9. The normalized spacial score (nSPS) is 14.0. The lowest BCUT2D eigenvalue weighted by atomic mass is 9.98. The van der Waals surface area contributed by atoms with Crippen molar-refractivity contribution in [1.29, 1.82) is 0 Å². The third kappa shape index (κ3) is 33.8. The van der Waals surface area contributed by atoms with Crippen LogP contribution in [0.25, 0.3) is 0 Å². The molecule has 1 unspecified atom stereocenters. The quantitative estimate of drug-likeness (QED) is 0.0268. The Labute approximate surface area is 427 Å². The van der Waals surface area contributed by atoms with Crippen molar-refractivity contribution < 1.29 is 47.5 Å². The third-order valence-electron chi connectivity index (χ3n) is 13.5. The molecule has 1 heterocycles. The molecule has 0 spiro atoms. The van der Waals surface area contributed by atoms with Crippen molar-refractivity contribution in [2.45, 2.75) is 258 Å². The molecule has 70 heavy (non-hydrogen) atoms. The maximum Gasteiger partial charge on any atom is 0.410 e. The van der Waals surface area contributed by atoms with E-state index >= 15 is 0 Å². The second-order valence-electron chi connectivity index (χ2n) is 19.8. The van der Waals surface area contributed by atoms with E-state index in [1.54, 1.807) is 0 Å². The van der Waals surface area contributed by atoms with Gasteiger partial charge in [0.2, 0.25) is 0 Å². The lowest BCUT2D eigenvalue weighted by Crippen LogP contribution is -2.43. The molecule has 0 N–H and O–H groups in total. The fourth-order valence-corrected chi connectivity index (χ4v) is 9.02. The first kappa shape index (κ1) is 63.3. The van der Waals surface area contributed by atoms with E-state index in [4.69, 9.17) is 33.2 Å². The van der Waals surface area contributed by atoms with E-state index in [1.807, 2.05) is 30.3 Å². The van der Waals surface area contributed by atoms with Gasteiger partial charge in [-0.3, -0.25) is 9.59 Å². The highest BCUT2D eigenvalue weighted by Crippen LogP contribution is 2.24. The fourth-order valence-electron chi connectivity index (χ4n) is 9.02. The first-order valence-electron chi connectivity index (χ1n) is 28.8. The highest BCUT2D eigenvalue weighted by atomic mass is 16.7. The van der Waals surface area contributed by atoms with Crippen LogP contribution in [0.1, 0.15) is 232 Å². The number of likely N-dealkylation sites (tertiary alicyclic amines) is 1. The summed E-state index contributed by atoms with van der Waals surface area (Å²) in [6.07, 6.45) is 29.0. The molecule has 0 bridgehead atoms. The van der Waals surface area contributed by atoms with Crippen LogP contribution in [0.5, 0.6) is 0 Å². The van der Waals surface area contributed by atoms with Gasteiger partial charge in [-0.25, -0.2) is 4.79 Å². The molecule has 1 aromatic rings. The van der Waals surface area contributed by atoms with Crippen LogP contribution in [-0.2, 0) is 49.4 Å². The number of ether oxygens (including phenoxy) is 7. The van der Waals surface area contributed by atoms with Crippen LogP contribution in [0.15, 0.2) is 30.3 Å². The summed E-state index contributed by atoms with van der Waals surface area (Å²) in [6.45, 7) is 14.3. The van der Waals surface area contributed by atoms with Crippen LogP contribution in [0.4, 0.5) is 4.79 Å². The largest absolute Gasteiger partial charge is 0.466 e. The van der Waals surface area contributed by atoms with Crippen LogP contribution in [0.3, 0.4) is 0 Å². The molecule has 1 aromatic carbocycles. The van der Waals surface area contributed by atoms with Crippen LogP contribution in [-0.4, -0.2) is 112 Å². The summed E-state index contributed by atoms with van der Waals surface area (Å²) in [5.74, 6) is -0.369. The highest BCUT2D eigenvalue weighted by Gasteiger charge is 2.28. The monoisotopic (exact) mass is 989 g/mol. The van der Waals surface area contributed by atoms with Crippen molar-refractivity contribution in [1.82, 2.24) is 9.80 Å². The summed E-state index contributed by atoms with van der Waals surface area (Å²) in [4.78, 5) is 43.7. The number of hydrogen-bond donors (Lipinski definition) is 0. The molecule has 1 aliphatic rings. The number of carbonyl (C=O) groups is 3. The van der Waals surface area contributed by atoms with E-state index < -0.39 is 0 Å². The molecule has 1 atom stereocenters. The van der Waals surface area contributed by atoms with Crippen molar-refractivity contribution in [2.75, 3.05) is 59.8 Å². The number of hydrogen-bond acceptors (Lipinski definition) is 11. The molecule has 1 fully saturated rings. The predicted octanol–water partition coefficient (Wildman–Crippen LogP) is 14.3. The van der Waals surface area contributed by atoms with Gasteiger partial charge in [-0.15, -0.1) is 0 Å². The van der Waals surface area contributed by atoms with E-state index in [2.05, 4.69) is 44.5 Å². The van der Waals surface area contributed by atoms with Crippen LogP contribution in [0.2, 0.25) is 0 Å². The van der Waals surface area contributed by atoms with Gasteiger partial charge in [-0.05, 0) is 89.8 Å². The first-order valence-corrected chi connectivity index (χ1v) is 28.8. The zero-order chi connectivity index (χ0) is 50.5. The molecule has 2 rings (SSSR count). The minimum Gasteiger partial charge on any atom is -0.466 e. The zero-order valence-corrected chi connectivity index (χ0v) is 45.5. The fraction of sp³-hybridized carbons (Fsp3) is 0.845. The topological polar surface area (TPSA) is 122 Å². The number of amides is 1. The molecular weight excluding hydrogens is 885 g/mol. The SMILES string of the molecule is CCCCCOC(CCC(=O)OCCCCCCCC(CCCCCCCOC(=O)CCC(OCCCCC)OCCCCC)N(CCC1CCCN1C)C(=O)OCc1ccccc1)OCCCCC. The Morgan fingerprint density at radius 3 is 1.40 bits per heavy atom. The van der Waals surface area contributed by atoms with E-state index in [9.17, 15) is 14.4 Å². The van der Waals surface area contributed by atoms with Gasteiger partial charge in [0.1, 0.15) is 6.61 Å². The van der Waals surface area contributed by atoms with E-state index in [0.29, 0.717) is 77.9 Å². The minimum atomic E-state index is -0.352. The third-order valence-corrected chi connectivity index (χ3v) is 13.5. The molecule has 1 amide bonds. The van der Waals surface area contributed by atoms with Crippen molar-refractivity contribution >= 4 is 18.0 Å². The molecule has 12 heteroatoms. The van der Waals surface area contributed by atoms with Gasteiger partial charge < -0.3 is 43.0 Å². The molecule has 0 aliphatic carbocycles. The minimum absolute atomic E-state index is 0.0991. The van der Waals surface area contributed by atoms with Gasteiger partial charge in [0, 0.05) is 57.9 Å². The zero-order valence-electron chi connectivity index (χ0n) is 45.5. The highest BCUT2D eigenvalue weighted by molar-refractivity contribution is 5.69. The molecule has 0 aromatic heterocycles. The second-order valence-corrected chi connectivity index (χ2v) is 19.8. The number of rotatable bonds is 48. The van der Waals surface area contributed by atoms with Crippen molar-refractivity contribution in [3.63, 3.8) is 0 Å². The predicted molar refractivity (Wildman–Crippen MR) is 283 cm³/mol. The first-order chi connectivity index (χ1) is 34.3. The van der Waals surface area contributed by atoms with Gasteiger partial charge in [-0.1, -0.05) is 161 Å². The smallest absolute Gasteiger partial charge is 0.410 e. The van der Waals surface area contributed by atoms with Gasteiger partial charge in [0.05, 0.1) is 26.1 Å². The molecule has 406 valence electrons. The van der Waals surface area contributed by atoms with Crippen LogP contribution < -0.4 is 0 Å². The Bertz CT molecular complexity index is 1290. The standard InChI is InChI=1S/C58H104N2O10/c1-6-10-25-46-66-56(67-47-26-11-7-2)39-37-54(61)64-44-29-18-14-16-23-34-53(60(43-41-52-36-31-42-59(52)5)58(63)70-50-51-32-21-20-22-33-51)35-24-17-15-19-30-45-65-55(62)38-40-57(68-48-27-12-8-3)69-49-28-13-9-4/h20-22,32-33,52-53,56-57H,6-19,23-31,34-50H2,1-5H3. The molecule has 1 aliphatic heterocycles. The van der Waals surface area contributed by atoms with Crippen LogP contribution in [0, 0.1) is 0 Å². The van der Waals surface area contributed by atoms with Gasteiger partial charge in [0.15, 0.2) is 12.6 Å². The number of unbranched alkanes of at least 4 members (excludes halogenated alkanes) is 16. The number of benzene rings is 1. The Kier molecular flexibility index (Phi) is 40.6. The van der Waals surface area contributed by atoms with E-state index in [1.165, 1.54) is 12.8 Å². The van der Waals surface area contributed by atoms with Gasteiger partial charge >= 0.3 is 18.0 Å². The lowest BCUT2D eigenvalue weighted by Gasteiger charge is -2.33. The van der Waals surface area contributed by atoms with Crippen LogP contribution >= 0.6 is 0 Å². The molecule has 1 saturated heterocycles. The van der Waals surface area contributed by atoms with Gasteiger partial charge in [-0.2, -0.15) is 0 Å². The van der Waals surface area contributed by atoms with Crippen molar-refractivity contribution in [3.8, 4) is 0 Å². The summed E-state index contributed by atoms with van der Waals surface area (Å²) in [5.41, 5.74) is 0.991. The molecule has 12 nitrogen and oxygen atoms in total. The molecular formula is C58H104N2O10. The number of carbonyl (C=O) groups excluding carboxylic acids is 3. The van der Waals surface area contributed by atoms with Gasteiger partial charge in [0.25, 0.3) is 0 Å². The lowest BCUT2D eigenvalue weighted by molar-refractivity contribution is -0.159.